The molecular formula is C14H17NO4. The second-order valence-corrected chi connectivity index (χ2v) is 4.44. The van der Waals surface area contributed by atoms with E-state index in [0.29, 0.717) is 30.0 Å². The number of likely N-dealkylation sites (tertiary alicyclic amines) is 1. The van der Waals surface area contributed by atoms with Crippen LogP contribution in [0.5, 0.6) is 11.5 Å². The van der Waals surface area contributed by atoms with E-state index in [1.54, 1.807) is 30.2 Å². The summed E-state index contributed by atoms with van der Waals surface area (Å²) >= 11 is 0. The van der Waals surface area contributed by atoms with Gasteiger partial charge in [0.05, 0.1) is 26.3 Å². The molecule has 0 saturated carbocycles. The van der Waals surface area contributed by atoms with Crippen LogP contribution in [0, 0.1) is 0 Å². The Morgan fingerprint density at radius 2 is 2.05 bits per heavy atom. The van der Waals surface area contributed by atoms with Gasteiger partial charge in [-0.15, -0.1) is 0 Å². The second kappa shape index (κ2) is 5.73. The quantitative estimate of drug-likeness (QED) is 0.829. The molecule has 0 spiro atoms. The van der Waals surface area contributed by atoms with Crippen molar-refractivity contribution in [2.45, 2.75) is 12.8 Å². The number of ketones is 1. The fourth-order valence-corrected chi connectivity index (χ4v) is 2.16. The lowest BCUT2D eigenvalue weighted by molar-refractivity contribution is -0.121. The Labute approximate surface area is 112 Å². The van der Waals surface area contributed by atoms with Crippen molar-refractivity contribution in [2.24, 2.45) is 0 Å². The summed E-state index contributed by atoms with van der Waals surface area (Å²) in [6.45, 7) is 0.799. The van der Waals surface area contributed by atoms with Crippen LogP contribution in [0.25, 0.3) is 0 Å². The van der Waals surface area contributed by atoms with E-state index in [-0.39, 0.29) is 18.2 Å². The minimum absolute atomic E-state index is 0.104. The van der Waals surface area contributed by atoms with Gasteiger partial charge in [-0.25, -0.2) is 0 Å². The Hall–Kier alpha value is -2.04. The Morgan fingerprint density at radius 3 is 2.68 bits per heavy atom. The molecule has 1 amide bonds. The summed E-state index contributed by atoms with van der Waals surface area (Å²) in [5.74, 6) is 1.02. The average Bonchev–Trinajstić information content (AvgIpc) is 2.45. The fourth-order valence-electron chi connectivity index (χ4n) is 2.16. The zero-order chi connectivity index (χ0) is 13.8. The van der Waals surface area contributed by atoms with E-state index in [0.717, 1.165) is 6.42 Å². The molecule has 2 rings (SSSR count). The number of nitrogens with zero attached hydrogens (tertiary/aromatic N) is 1. The van der Waals surface area contributed by atoms with Gasteiger partial charge >= 0.3 is 0 Å². The van der Waals surface area contributed by atoms with Crippen molar-refractivity contribution < 1.29 is 19.1 Å². The molecule has 1 aliphatic heterocycles. The molecule has 1 fully saturated rings. The van der Waals surface area contributed by atoms with E-state index < -0.39 is 0 Å². The van der Waals surface area contributed by atoms with E-state index in [1.807, 2.05) is 0 Å². The maximum Gasteiger partial charge on any atom is 0.258 e. The first-order valence-corrected chi connectivity index (χ1v) is 6.18. The number of amides is 1. The molecule has 102 valence electrons. The normalized spacial score (nSPS) is 15.3. The first kappa shape index (κ1) is 13.4. The second-order valence-electron chi connectivity index (χ2n) is 4.44. The molecule has 0 atom stereocenters. The van der Waals surface area contributed by atoms with E-state index in [2.05, 4.69) is 0 Å². The lowest BCUT2D eigenvalue weighted by Gasteiger charge is -2.26. The molecule has 0 radical (unpaired) electrons. The highest BCUT2D eigenvalue weighted by molar-refractivity contribution is 5.99. The molecular weight excluding hydrogens is 246 g/mol. The lowest BCUT2D eigenvalue weighted by atomic mass is 10.1. The summed E-state index contributed by atoms with van der Waals surface area (Å²) in [5.41, 5.74) is 0.456. The molecule has 5 heteroatoms. The zero-order valence-corrected chi connectivity index (χ0v) is 11.1. The van der Waals surface area contributed by atoms with Gasteiger partial charge in [0.15, 0.2) is 5.78 Å². The van der Waals surface area contributed by atoms with E-state index in [1.165, 1.54) is 7.11 Å². The number of carbonyl (C=O) groups is 2. The van der Waals surface area contributed by atoms with Crippen LogP contribution in [0.3, 0.4) is 0 Å². The molecule has 1 aromatic rings. The van der Waals surface area contributed by atoms with Crippen molar-refractivity contribution >= 4 is 11.7 Å². The molecule has 0 bridgehead atoms. The smallest absolute Gasteiger partial charge is 0.258 e. The summed E-state index contributed by atoms with van der Waals surface area (Å²) in [5, 5.41) is 0. The van der Waals surface area contributed by atoms with Gasteiger partial charge in [-0.3, -0.25) is 9.59 Å². The van der Waals surface area contributed by atoms with Crippen LogP contribution in [0.1, 0.15) is 23.2 Å². The Morgan fingerprint density at radius 1 is 1.26 bits per heavy atom. The van der Waals surface area contributed by atoms with Gasteiger partial charge in [-0.1, -0.05) is 0 Å². The molecule has 1 heterocycles. The van der Waals surface area contributed by atoms with Crippen molar-refractivity contribution in [3.8, 4) is 11.5 Å². The largest absolute Gasteiger partial charge is 0.497 e. The van der Waals surface area contributed by atoms with E-state index in [4.69, 9.17) is 9.47 Å². The predicted molar refractivity (Wildman–Crippen MR) is 69.7 cm³/mol. The molecule has 5 nitrogen and oxygen atoms in total. The van der Waals surface area contributed by atoms with Crippen molar-refractivity contribution in [3.05, 3.63) is 23.8 Å². The Balaban J connectivity index is 2.25. The standard InChI is InChI=1S/C14H17NO4/c1-18-11-5-6-12(13(8-11)19-2)14(17)15-7-3-4-10(16)9-15/h5-6,8H,3-4,7,9H2,1-2H3. The van der Waals surface area contributed by atoms with Crippen LogP contribution < -0.4 is 9.47 Å². The van der Waals surface area contributed by atoms with Gasteiger partial charge in [0.2, 0.25) is 0 Å². The minimum atomic E-state index is -0.174. The highest BCUT2D eigenvalue weighted by Gasteiger charge is 2.24. The van der Waals surface area contributed by atoms with E-state index in [9.17, 15) is 9.59 Å². The van der Waals surface area contributed by atoms with Gasteiger partial charge < -0.3 is 14.4 Å². The van der Waals surface area contributed by atoms with Gasteiger partial charge in [0.25, 0.3) is 5.91 Å². The van der Waals surface area contributed by atoms with Crippen molar-refractivity contribution in [1.82, 2.24) is 4.90 Å². The number of piperidine rings is 1. The lowest BCUT2D eigenvalue weighted by Crippen LogP contribution is -2.40. The highest BCUT2D eigenvalue weighted by atomic mass is 16.5. The minimum Gasteiger partial charge on any atom is -0.497 e. The first-order valence-electron chi connectivity index (χ1n) is 6.18. The maximum atomic E-state index is 12.4. The fraction of sp³-hybridized carbons (Fsp3) is 0.429. The zero-order valence-electron chi connectivity index (χ0n) is 11.1. The SMILES string of the molecule is COc1ccc(C(=O)N2CCCC(=O)C2)c(OC)c1. The third kappa shape index (κ3) is 2.86. The number of methoxy groups -OCH3 is 2. The maximum absolute atomic E-state index is 12.4. The molecule has 0 N–H and O–H groups in total. The molecule has 0 aliphatic carbocycles. The third-order valence-corrected chi connectivity index (χ3v) is 3.18. The molecule has 19 heavy (non-hydrogen) atoms. The highest BCUT2D eigenvalue weighted by Crippen LogP contribution is 2.26. The topological polar surface area (TPSA) is 55.8 Å². The van der Waals surface area contributed by atoms with Crippen LogP contribution in [0.4, 0.5) is 0 Å². The molecule has 1 aromatic carbocycles. The van der Waals surface area contributed by atoms with Crippen LogP contribution >= 0.6 is 0 Å². The number of Topliss-reactive ketones (excluding diaryl/α,β-unsaturated/α-hetero) is 1. The van der Waals surface area contributed by atoms with Crippen molar-refractivity contribution in [1.29, 1.82) is 0 Å². The number of ether oxygens (including phenoxy) is 2. The number of benzene rings is 1. The summed E-state index contributed by atoms with van der Waals surface area (Å²) in [6, 6.07) is 5.04. The van der Waals surface area contributed by atoms with Crippen LogP contribution in [0.2, 0.25) is 0 Å². The summed E-state index contributed by atoms with van der Waals surface area (Å²) in [7, 11) is 3.06. The first-order chi connectivity index (χ1) is 9.15. The number of hydrogen-bond donors (Lipinski definition) is 0. The van der Waals surface area contributed by atoms with Crippen molar-refractivity contribution in [3.63, 3.8) is 0 Å². The Bertz CT molecular complexity index is 498. The summed E-state index contributed by atoms with van der Waals surface area (Å²) in [4.78, 5) is 25.4. The number of hydrogen-bond acceptors (Lipinski definition) is 4. The summed E-state index contributed by atoms with van der Waals surface area (Å²) in [6.07, 6.45) is 1.28. The molecule has 0 unspecified atom stereocenters. The molecule has 0 aromatic heterocycles. The van der Waals surface area contributed by atoms with Gasteiger partial charge in [0.1, 0.15) is 11.5 Å². The van der Waals surface area contributed by atoms with Crippen LogP contribution in [0.15, 0.2) is 18.2 Å². The van der Waals surface area contributed by atoms with Crippen molar-refractivity contribution in [2.75, 3.05) is 27.3 Å². The van der Waals surface area contributed by atoms with Crippen LogP contribution in [-0.2, 0) is 4.79 Å². The average molecular weight is 263 g/mol. The van der Waals surface area contributed by atoms with Gasteiger partial charge in [-0.05, 0) is 18.6 Å². The molecule has 1 aliphatic rings. The number of rotatable bonds is 3. The summed E-state index contributed by atoms with van der Waals surface area (Å²) < 4.78 is 10.3. The van der Waals surface area contributed by atoms with Gasteiger partial charge in [-0.2, -0.15) is 0 Å². The van der Waals surface area contributed by atoms with Gasteiger partial charge in [0, 0.05) is 19.0 Å². The van der Waals surface area contributed by atoms with Crippen LogP contribution in [-0.4, -0.2) is 43.9 Å². The predicted octanol–water partition coefficient (Wildman–Crippen LogP) is 1.51. The molecule has 1 saturated heterocycles. The number of carbonyl (C=O) groups excluding carboxylic acids is 2. The van der Waals surface area contributed by atoms with E-state index >= 15 is 0 Å². The monoisotopic (exact) mass is 263 g/mol. The third-order valence-electron chi connectivity index (χ3n) is 3.18. The Kier molecular flexibility index (Phi) is 4.04.